The molecular formula is C14H16BrNO5. The highest BCUT2D eigenvalue weighted by Crippen LogP contribution is 2.28. The third-order valence-corrected chi connectivity index (χ3v) is 3.94. The maximum Gasteiger partial charge on any atom is 0.313 e. The Balaban J connectivity index is 1.89. The Labute approximate surface area is 130 Å². The fourth-order valence-electron chi connectivity index (χ4n) is 2.03. The molecule has 1 saturated heterocycles. The molecule has 7 heteroatoms. The number of benzene rings is 1. The molecule has 1 aliphatic rings. The van der Waals surface area contributed by atoms with Gasteiger partial charge in [0.15, 0.2) is 6.61 Å². The van der Waals surface area contributed by atoms with Crippen molar-refractivity contribution in [3.8, 4) is 5.75 Å². The summed E-state index contributed by atoms with van der Waals surface area (Å²) in [5, 5.41) is 11.9. The van der Waals surface area contributed by atoms with Crippen LogP contribution in [0.2, 0.25) is 0 Å². The normalized spacial score (nSPS) is 24.6. The highest BCUT2D eigenvalue weighted by atomic mass is 79.9. The van der Waals surface area contributed by atoms with Gasteiger partial charge in [-0.15, -0.1) is 0 Å². The van der Waals surface area contributed by atoms with Gasteiger partial charge in [0, 0.05) is 4.47 Å². The zero-order valence-corrected chi connectivity index (χ0v) is 13.1. The Morgan fingerprint density at radius 2 is 2.33 bits per heavy atom. The van der Waals surface area contributed by atoms with Crippen LogP contribution in [-0.4, -0.2) is 42.8 Å². The molecule has 2 N–H and O–H groups in total. The van der Waals surface area contributed by atoms with E-state index < -0.39 is 17.4 Å². The first-order chi connectivity index (χ1) is 9.91. The summed E-state index contributed by atoms with van der Waals surface area (Å²) in [5.74, 6) is -0.806. The molecule has 21 heavy (non-hydrogen) atoms. The average molecular weight is 358 g/mol. The van der Waals surface area contributed by atoms with Crippen molar-refractivity contribution in [2.75, 3.05) is 19.8 Å². The van der Waals surface area contributed by atoms with Crippen molar-refractivity contribution < 1.29 is 24.2 Å². The lowest BCUT2D eigenvalue weighted by molar-refractivity contribution is -0.149. The predicted molar refractivity (Wildman–Crippen MR) is 78.1 cm³/mol. The molecule has 6 nitrogen and oxygen atoms in total. The fourth-order valence-corrected chi connectivity index (χ4v) is 2.40. The smallest absolute Gasteiger partial charge is 0.313 e. The van der Waals surface area contributed by atoms with Gasteiger partial charge in [0.1, 0.15) is 11.2 Å². The van der Waals surface area contributed by atoms with E-state index in [0.29, 0.717) is 5.75 Å². The van der Waals surface area contributed by atoms with Crippen LogP contribution in [-0.2, 0) is 14.3 Å². The van der Waals surface area contributed by atoms with Gasteiger partial charge in [-0.1, -0.05) is 22.0 Å². The molecule has 0 bridgehead atoms. The summed E-state index contributed by atoms with van der Waals surface area (Å²) in [5.41, 5.74) is -1.11. The second-order valence-electron chi connectivity index (χ2n) is 5.10. The van der Waals surface area contributed by atoms with Crippen LogP contribution < -0.4 is 10.1 Å². The maximum atomic E-state index is 11.9. The third-order valence-electron chi connectivity index (χ3n) is 3.45. The summed E-state index contributed by atoms with van der Waals surface area (Å²) in [4.78, 5) is 23.1. The van der Waals surface area contributed by atoms with Gasteiger partial charge in [0.2, 0.25) is 0 Å². The lowest BCUT2D eigenvalue weighted by Gasteiger charge is -2.25. The first-order valence-corrected chi connectivity index (χ1v) is 7.20. The number of hydrogen-bond acceptors (Lipinski definition) is 4. The molecule has 0 aliphatic carbocycles. The zero-order valence-electron chi connectivity index (χ0n) is 11.5. The number of hydrogen-bond donors (Lipinski definition) is 2. The number of carboxylic acid groups (broad SMARTS) is 1. The molecule has 114 valence electrons. The second kappa shape index (κ2) is 6.44. The highest BCUT2D eigenvalue weighted by Gasteiger charge is 2.47. The van der Waals surface area contributed by atoms with Crippen LogP contribution in [0.15, 0.2) is 28.7 Å². The van der Waals surface area contributed by atoms with Crippen LogP contribution in [0.25, 0.3) is 0 Å². The number of halogens is 1. The molecule has 1 aromatic carbocycles. The Kier molecular flexibility index (Phi) is 4.84. The fraction of sp³-hybridized carbons (Fsp3) is 0.429. The van der Waals surface area contributed by atoms with Crippen molar-refractivity contribution in [1.82, 2.24) is 5.32 Å². The van der Waals surface area contributed by atoms with Crippen molar-refractivity contribution in [2.24, 2.45) is 5.41 Å². The predicted octanol–water partition coefficient (Wildman–Crippen LogP) is 1.43. The Bertz CT molecular complexity index is 550. The number of ether oxygens (including phenoxy) is 2. The highest BCUT2D eigenvalue weighted by molar-refractivity contribution is 9.10. The number of rotatable bonds is 5. The summed E-state index contributed by atoms with van der Waals surface area (Å²) in [7, 11) is 0. The van der Waals surface area contributed by atoms with Crippen molar-refractivity contribution in [1.29, 1.82) is 0 Å². The molecule has 1 amide bonds. The van der Waals surface area contributed by atoms with E-state index in [1.807, 2.05) is 6.07 Å². The monoisotopic (exact) mass is 357 g/mol. The standard InChI is InChI=1S/C14H16BrNO5/c1-14(13(18)19)8-20-6-11(14)16-12(17)7-21-10-4-2-3-9(15)5-10/h2-5,11H,6-8H2,1H3,(H,16,17)(H,18,19). The summed E-state index contributed by atoms with van der Waals surface area (Å²) < 4.78 is 11.4. The number of carboxylic acids is 1. The maximum absolute atomic E-state index is 11.9. The molecule has 0 aromatic heterocycles. The molecule has 1 aromatic rings. The van der Waals surface area contributed by atoms with E-state index in [2.05, 4.69) is 21.2 Å². The lowest BCUT2D eigenvalue weighted by atomic mass is 9.85. The third kappa shape index (κ3) is 3.74. The van der Waals surface area contributed by atoms with Gasteiger partial charge < -0.3 is 19.9 Å². The summed E-state index contributed by atoms with van der Waals surface area (Å²) in [6, 6.07) is 6.56. The van der Waals surface area contributed by atoms with Crippen LogP contribution in [0, 0.1) is 5.41 Å². The molecule has 2 rings (SSSR count). The average Bonchev–Trinajstić information content (AvgIpc) is 2.79. The first kappa shape index (κ1) is 15.8. The quantitative estimate of drug-likeness (QED) is 0.832. The summed E-state index contributed by atoms with van der Waals surface area (Å²) in [6.45, 7) is 1.65. The molecule has 2 unspecified atom stereocenters. The number of nitrogens with one attached hydrogen (secondary N) is 1. The van der Waals surface area contributed by atoms with Gasteiger partial charge in [-0.25, -0.2) is 0 Å². The first-order valence-electron chi connectivity index (χ1n) is 6.41. The van der Waals surface area contributed by atoms with Gasteiger partial charge in [-0.3, -0.25) is 9.59 Å². The molecule has 0 saturated carbocycles. The van der Waals surface area contributed by atoms with E-state index in [1.54, 1.807) is 25.1 Å². The van der Waals surface area contributed by atoms with E-state index in [-0.39, 0.29) is 25.7 Å². The molecule has 0 spiro atoms. The van der Waals surface area contributed by atoms with E-state index in [1.165, 1.54) is 0 Å². The molecule has 0 radical (unpaired) electrons. The van der Waals surface area contributed by atoms with Gasteiger partial charge in [-0.2, -0.15) is 0 Å². The second-order valence-corrected chi connectivity index (χ2v) is 6.02. The van der Waals surface area contributed by atoms with Crippen LogP contribution in [0.5, 0.6) is 5.75 Å². The SMILES string of the molecule is CC1(C(=O)O)COCC1NC(=O)COc1cccc(Br)c1. The van der Waals surface area contributed by atoms with Crippen molar-refractivity contribution >= 4 is 27.8 Å². The van der Waals surface area contributed by atoms with Gasteiger partial charge >= 0.3 is 5.97 Å². The van der Waals surface area contributed by atoms with Gasteiger partial charge in [0.25, 0.3) is 5.91 Å². The van der Waals surface area contributed by atoms with Crippen LogP contribution in [0.4, 0.5) is 0 Å². The Morgan fingerprint density at radius 3 is 3.00 bits per heavy atom. The van der Waals surface area contributed by atoms with E-state index in [4.69, 9.17) is 9.47 Å². The topological polar surface area (TPSA) is 84.9 Å². The Hall–Kier alpha value is -1.60. The van der Waals surface area contributed by atoms with Crippen LogP contribution >= 0.6 is 15.9 Å². The minimum atomic E-state index is -1.11. The van der Waals surface area contributed by atoms with Crippen LogP contribution in [0.1, 0.15) is 6.92 Å². The molecule has 1 fully saturated rings. The molecule has 2 atom stereocenters. The van der Waals surface area contributed by atoms with Gasteiger partial charge in [0.05, 0.1) is 19.3 Å². The lowest BCUT2D eigenvalue weighted by Crippen LogP contribution is -2.50. The van der Waals surface area contributed by atoms with E-state index in [9.17, 15) is 14.7 Å². The van der Waals surface area contributed by atoms with Crippen molar-refractivity contribution in [3.05, 3.63) is 28.7 Å². The minimum absolute atomic E-state index is 0.0831. The summed E-state index contributed by atoms with van der Waals surface area (Å²) >= 11 is 3.31. The molecule has 1 aliphatic heterocycles. The number of amides is 1. The van der Waals surface area contributed by atoms with Gasteiger partial charge in [-0.05, 0) is 25.1 Å². The largest absolute Gasteiger partial charge is 0.484 e. The van der Waals surface area contributed by atoms with E-state index in [0.717, 1.165) is 4.47 Å². The van der Waals surface area contributed by atoms with Crippen molar-refractivity contribution in [2.45, 2.75) is 13.0 Å². The molecule has 1 heterocycles. The molecular weight excluding hydrogens is 342 g/mol. The van der Waals surface area contributed by atoms with Crippen molar-refractivity contribution in [3.63, 3.8) is 0 Å². The Morgan fingerprint density at radius 1 is 1.57 bits per heavy atom. The number of aliphatic carboxylic acids is 1. The minimum Gasteiger partial charge on any atom is -0.484 e. The van der Waals surface area contributed by atoms with Crippen LogP contribution in [0.3, 0.4) is 0 Å². The summed E-state index contributed by atoms with van der Waals surface area (Å²) in [6.07, 6.45) is 0. The van der Waals surface area contributed by atoms with E-state index >= 15 is 0 Å². The number of carbonyl (C=O) groups excluding carboxylic acids is 1. The number of carbonyl (C=O) groups is 2. The zero-order chi connectivity index (χ0) is 15.5.